The first-order chi connectivity index (χ1) is 8.30. The van der Waals surface area contributed by atoms with E-state index < -0.39 is 0 Å². The molecule has 92 valence electrons. The lowest BCUT2D eigenvalue weighted by molar-refractivity contribution is 0.292. The molecule has 1 saturated heterocycles. The van der Waals surface area contributed by atoms with Crippen LogP contribution in [0.25, 0.3) is 0 Å². The first-order valence-electron chi connectivity index (χ1n) is 6.77. The van der Waals surface area contributed by atoms with Crippen molar-refractivity contribution < 1.29 is 0 Å². The van der Waals surface area contributed by atoms with E-state index in [4.69, 9.17) is 0 Å². The van der Waals surface area contributed by atoms with Crippen molar-refractivity contribution in [3.8, 4) is 0 Å². The van der Waals surface area contributed by atoms with Crippen LogP contribution in [0.1, 0.15) is 44.1 Å². The van der Waals surface area contributed by atoms with Gasteiger partial charge in [-0.1, -0.05) is 43.2 Å². The van der Waals surface area contributed by atoms with E-state index in [-0.39, 0.29) is 0 Å². The molecule has 3 rings (SSSR count). The van der Waals surface area contributed by atoms with Gasteiger partial charge >= 0.3 is 0 Å². The van der Waals surface area contributed by atoms with E-state index in [0.29, 0.717) is 16.8 Å². The van der Waals surface area contributed by atoms with E-state index in [1.807, 2.05) is 0 Å². The Bertz CT molecular complexity index is 374. The van der Waals surface area contributed by atoms with E-state index in [0.717, 1.165) is 0 Å². The zero-order valence-electron chi connectivity index (χ0n) is 10.5. The zero-order valence-corrected chi connectivity index (χ0v) is 11.3. The van der Waals surface area contributed by atoms with E-state index in [1.165, 1.54) is 37.0 Å². The standard InChI is InChI=1S/C15H21NS/c1-12-11-17-15(16-12)10-6-5-9-14(15)13-7-3-2-4-8-13/h2-4,7-8,12,14,16H,5-6,9-11H2,1H3. The minimum Gasteiger partial charge on any atom is -0.299 e. The highest BCUT2D eigenvalue weighted by Crippen LogP contribution is 2.50. The van der Waals surface area contributed by atoms with Gasteiger partial charge in [-0.05, 0) is 25.3 Å². The van der Waals surface area contributed by atoms with Crippen LogP contribution in [0.3, 0.4) is 0 Å². The number of benzene rings is 1. The summed E-state index contributed by atoms with van der Waals surface area (Å²) in [4.78, 5) is 0.332. The number of hydrogen-bond acceptors (Lipinski definition) is 2. The Morgan fingerprint density at radius 1 is 1.24 bits per heavy atom. The maximum Gasteiger partial charge on any atom is 0.0717 e. The molecular formula is C15H21NS. The molecule has 0 radical (unpaired) electrons. The van der Waals surface area contributed by atoms with Crippen LogP contribution >= 0.6 is 11.8 Å². The number of thioether (sulfide) groups is 1. The number of nitrogens with one attached hydrogen (secondary N) is 1. The molecule has 3 unspecified atom stereocenters. The molecule has 1 aliphatic carbocycles. The zero-order chi connectivity index (χ0) is 11.7. The number of rotatable bonds is 1. The van der Waals surface area contributed by atoms with Gasteiger partial charge in [-0.3, -0.25) is 5.32 Å². The Kier molecular flexibility index (Phi) is 3.18. The lowest BCUT2D eigenvalue weighted by Gasteiger charge is -2.41. The average molecular weight is 247 g/mol. The second kappa shape index (κ2) is 4.66. The Hall–Kier alpha value is -0.470. The van der Waals surface area contributed by atoms with Crippen molar-refractivity contribution in [2.24, 2.45) is 0 Å². The molecule has 0 aromatic heterocycles. The van der Waals surface area contributed by atoms with E-state index in [1.54, 1.807) is 0 Å². The number of hydrogen-bond donors (Lipinski definition) is 1. The van der Waals surface area contributed by atoms with Gasteiger partial charge in [0.15, 0.2) is 0 Å². The Labute approximate surface area is 108 Å². The molecule has 0 amide bonds. The fourth-order valence-electron chi connectivity index (χ4n) is 3.38. The molecule has 1 aromatic rings. The highest BCUT2D eigenvalue weighted by molar-refractivity contribution is 8.01. The molecule has 2 fully saturated rings. The average Bonchev–Trinajstić information content (AvgIpc) is 2.73. The molecule has 1 nitrogen and oxygen atoms in total. The molecule has 0 bridgehead atoms. The topological polar surface area (TPSA) is 12.0 Å². The van der Waals surface area contributed by atoms with Crippen LogP contribution in [0.5, 0.6) is 0 Å². The van der Waals surface area contributed by atoms with Crippen molar-refractivity contribution in [1.82, 2.24) is 5.32 Å². The quantitative estimate of drug-likeness (QED) is 0.811. The third-order valence-electron chi connectivity index (χ3n) is 4.14. The summed E-state index contributed by atoms with van der Waals surface area (Å²) in [6.45, 7) is 2.32. The lowest BCUT2D eigenvalue weighted by atomic mass is 9.79. The van der Waals surface area contributed by atoms with Crippen LogP contribution < -0.4 is 5.32 Å². The molecule has 2 aliphatic rings. The van der Waals surface area contributed by atoms with Gasteiger partial charge in [0.05, 0.1) is 4.87 Å². The normalized spacial score (nSPS) is 37.5. The van der Waals surface area contributed by atoms with Crippen LogP contribution in [0.4, 0.5) is 0 Å². The van der Waals surface area contributed by atoms with Crippen LogP contribution in [0, 0.1) is 0 Å². The molecule has 2 heteroatoms. The van der Waals surface area contributed by atoms with Gasteiger partial charge in [-0.15, -0.1) is 11.8 Å². The highest BCUT2D eigenvalue weighted by Gasteiger charge is 2.45. The predicted octanol–water partition coefficient (Wildman–Crippen LogP) is 3.77. The van der Waals surface area contributed by atoms with Gasteiger partial charge in [-0.2, -0.15) is 0 Å². The molecular weight excluding hydrogens is 226 g/mol. The fourth-order valence-corrected chi connectivity index (χ4v) is 5.04. The van der Waals surface area contributed by atoms with Crippen molar-refractivity contribution in [2.45, 2.75) is 49.4 Å². The molecule has 1 heterocycles. The summed E-state index contributed by atoms with van der Waals surface area (Å²) in [6, 6.07) is 11.8. The molecule has 1 aromatic carbocycles. The first kappa shape index (κ1) is 11.6. The van der Waals surface area contributed by atoms with E-state index in [2.05, 4.69) is 54.3 Å². The van der Waals surface area contributed by atoms with Gasteiger partial charge in [0.1, 0.15) is 0 Å². The lowest BCUT2D eigenvalue weighted by Crippen LogP contribution is -2.47. The summed E-state index contributed by atoms with van der Waals surface area (Å²) in [5, 5.41) is 3.88. The largest absolute Gasteiger partial charge is 0.299 e. The van der Waals surface area contributed by atoms with Crippen LogP contribution in [-0.2, 0) is 0 Å². The van der Waals surface area contributed by atoms with Crippen molar-refractivity contribution in [3.05, 3.63) is 35.9 Å². The molecule has 1 N–H and O–H groups in total. The third kappa shape index (κ3) is 2.13. The Morgan fingerprint density at radius 2 is 2.06 bits per heavy atom. The summed E-state index contributed by atoms with van der Waals surface area (Å²) >= 11 is 2.17. The van der Waals surface area contributed by atoms with Crippen LogP contribution in [-0.4, -0.2) is 16.7 Å². The monoisotopic (exact) mass is 247 g/mol. The molecule has 3 atom stereocenters. The second-order valence-electron chi connectivity index (χ2n) is 5.45. The highest BCUT2D eigenvalue weighted by atomic mass is 32.2. The van der Waals surface area contributed by atoms with Crippen molar-refractivity contribution in [3.63, 3.8) is 0 Å². The van der Waals surface area contributed by atoms with Crippen molar-refractivity contribution >= 4 is 11.8 Å². The van der Waals surface area contributed by atoms with Gasteiger partial charge in [0.2, 0.25) is 0 Å². The molecule has 17 heavy (non-hydrogen) atoms. The van der Waals surface area contributed by atoms with Gasteiger partial charge in [0.25, 0.3) is 0 Å². The maximum absolute atomic E-state index is 3.88. The summed E-state index contributed by atoms with van der Waals surface area (Å²) in [5.74, 6) is 1.97. The van der Waals surface area contributed by atoms with E-state index >= 15 is 0 Å². The molecule has 1 spiro atoms. The van der Waals surface area contributed by atoms with Crippen LogP contribution in [0.2, 0.25) is 0 Å². The Morgan fingerprint density at radius 3 is 2.76 bits per heavy atom. The van der Waals surface area contributed by atoms with E-state index in [9.17, 15) is 0 Å². The SMILES string of the molecule is CC1CSC2(CCCCC2c2ccccc2)N1. The smallest absolute Gasteiger partial charge is 0.0717 e. The minimum atomic E-state index is 0.332. The summed E-state index contributed by atoms with van der Waals surface area (Å²) in [7, 11) is 0. The van der Waals surface area contributed by atoms with Gasteiger partial charge < -0.3 is 0 Å². The predicted molar refractivity (Wildman–Crippen MR) is 75.4 cm³/mol. The summed E-state index contributed by atoms with van der Waals surface area (Å²) in [6.07, 6.45) is 5.45. The van der Waals surface area contributed by atoms with Gasteiger partial charge in [0, 0.05) is 17.7 Å². The maximum atomic E-state index is 3.88. The van der Waals surface area contributed by atoms with Gasteiger partial charge in [-0.25, -0.2) is 0 Å². The summed E-state index contributed by atoms with van der Waals surface area (Å²) in [5.41, 5.74) is 1.53. The fraction of sp³-hybridized carbons (Fsp3) is 0.600. The molecule has 1 aliphatic heterocycles. The minimum absolute atomic E-state index is 0.332. The third-order valence-corrected chi connectivity index (χ3v) is 5.93. The van der Waals surface area contributed by atoms with Crippen molar-refractivity contribution in [1.29, 1.82) is 0 Å². The second-order valence-corrected chi connectivity index (χ2v) is 6.81. The van der Waals surface area contributed by atoms with Crippen molar-refractivity contribution in [2.75, 3.05) is 5.75 Å². The molecule has 1 saturated carbocycles. The Balaban J connectivity index is 1.91. The van der Waals surface area contributed by atoms with Crippen LogP contribution in [0.15, 0.2) is 30.3 Å². The first-order valence-corrected chi connectivity index (χ1v) is 7.75. The summed E-state index contributed by atoms with van der Waals surface area (Å²) < 4.78 is 0.